The lowest BCUT2D eigenvalue weighted by molar-refractivity contribution is 1.10. The summed E-state index contributed by atoms with van der Waals surface area (Å²) >= 11 is 22.0. The third-order valence-electron chi connectivity index (χ3n) is 2.88. The minimum atomic E-state index is 0.178. The van der Waals surface area contributed by atoms with E-state index < -0.39 is 0 Å². The molecule has 142 valence electrons. The van der Waals surface area contributed by atoms with Crippen molar-refractivity contribution < 1.29 is 0 Å². The van der Waals surface area contributed by atoms with E-state index in [1.54, 1.807) is 31.5 Å². The van der Waals surface area contributed by atoms with Crippen molar-refractivity contribution in [3.8, 4) is 11.8 Å². The Balaban J connectivity index is 0.000000151. The highest BCUT2D eigenvalue weighted by Gasteiger charge is 1.94. The van der Waals surface area contributed by atoms with Crippen LogP contribution in [0, 0.1) is 11.8 Å². The summed E-state index contributed by atoms with van der Waals surface area (Å²) in [4.78, 5) is 18.7. The van der Waals surface area contributed by atoms with Crippen LogP contribution in [0.2, 0.25) is 21.0 Å². The molecule has 0 unspecified atom stereocenters. The van der Waals surface area contributed by atoms with E-state index in [4.69, 9.17) is 46.4 Å². The first kappa shape index (κ1) is 21.9. The second-order valence-corrected chi connectivity index (χ2v) is 6.15. The summed E-state index contributed by atoms with van der Waals surface area (Å²) in [5.74, 6) is 5.48. The van der Waals surface area contributed by atoms with Gasteiger partial charge in [-0.25, -0.2) is 24.9 Å². The summed E-state index contributed by atoms with van der Waals surface area (Å²) in [5, 5.41) is 1.28. The van der Waals surface area contributed by atoms with Crippen LogP contribution in [0.4, 0.5) is 0 Å². The van der Waals surface area contributed by atoms with Gasteiger partial charge in [0.05, 0.1) is 0 Å². The molecule has 0 atom stereocenters. The molecule has 4 aromatic heterocycles. The summed E-state index contributed by atoms with van der Waals surface area (Å²) in [6, 6.07) is 9.10. The maximum Gasteiger partial charge on any atom is 0.223 e. The van der Waals surface area contributed by atoms with E-state index in [1.807, 2.05) is 28.8 Å². The van der Waals surface area contributed by atoms with Crippen molar-refractivity contribution in [1.82, 2.24) is 29.3 Å². The van der Waals surface area contributed by atoms with Crippen molar-refractivity contribution in [3.05, 3.63) is 81.8 Å². The standard InChI is InChI=1S/2C7H5ClN2.C4H2Cl2N2/c8-7-9-4-3-6-2-1-5-10(6)7;1-2-3-6-4-5-9-7(8)10-6;5-3-1-2-7-4(6)8-3/h1-5H;4-5H,1H3;1-2H. The molecule has 28 heavy (non-hydrogen) atoms. The van der Waals surface area contributed by atoms with Gasteiger partial charge < -0.3 is 0 Å². The van der Waals surface area contributed by atoms with Gasteiger partial charge in [-0.15, -0.1) is 0 Å². The normalized spacial score (nSPS) is 9.32. The number of hydrogen-bond acceptors (Lipinski definition) is 5. The quantitative estimate of drug-likeness (QED) is 0.206. The van der Waals surface area contributed by atoms with Gasteiger partial charge in [-0.1, -0.05) is 17.5 Å². The van der Waals surface area contributed by atoms with Crippen LogP contribution >= 0.6 is 46.4 Å². The monoisotopic (exact) mass is 452 g/mol. The molecule has 0 radical (unpaired) electrons. The third-order valence-corrected chi connectivity index (χ3v) is 3.73. The van der Waals surface area contributed by atoms with E-state index in [-0.39, 0.29) is 10.6 Å². The van der Waals surface area contributed by atoms with E-state index in [2.05, 4.69) is 36.8 Å². The second kappa shape index (κ2) is 11.4. The molecule has 4 heterocycles. The number of aromatic nitrogens is 6. The Bertz CT molecular complexity index is 1090. The topological polar surface area (TPSA) is 68.9 Å². The zero-order valence-corrected chi connectivity index (χ0v) is 17.4. The predicted octanol–water partition coefficient (Wildman–Crippen LogP) is 5.27. The molecule has 0 amide bonds. The summed E-state index contributed by atoms with van der Waals surface area (Å²) in [5.41, 5.74) is 1.72. The Morgan fingerprint density at radius 2 is 1.50 bits per heavy atom. The number of fused-ring (bicyclic) bond motifs is 1. The summed E-state index contributed by atoms with van der Waals surface area (Å²) < 4.78 is 1.82. The van der Waals surface area contributed by atoms with Crippen LogP contribution < -0.4 is 0 Å². The van der Waals surface area contributed by atoms with Crippen LogP contribution in [0.3, 0.4) is 0 Å². The van der Waals surface area contributed by atoms with Gasteiger partial charge >= 0.3 is 0 Å². The first-order valence-corrected chi connectivity index (χ1v) is 9.13. The Morgan fingerprint density at radius 3 is 2.07 bits per heavy atom. The van der Waals surface area contributed by atoms with Crippen LogP contribution in [-0.4, -0.2) is 29.3 Å². The van der Waals surface area contributed by atoms with E-state index in [9.17, 15) is 0 Å². The molecule has 0 aliphatic heterocycles. The number of rotatable bonds is 0. The molecule has 6 nitrogen and oxygen atoms in total. The van der Waals surface area contributed by atoms with Gasteiger partial charge in [0.25, 0.3) is 0 Å². The lowest BCUT2D eigenvalue weighted by atomic mass is 10.4. The van der Waals surface area contributed by atoms with Gasteiger partial charge in [-0.05, 0) is 78.0 Å². The second-order valence-electron chi connectivity index (χ2n) is 4.75. The minimum Gasteiger partial charge on any atom is -0.292 e. The van der Waals surface area contributed by atoms with Gasteiger partial charge in [0.2, 0.25) is 15.9 Å². The Labute approximate surface area is 181 Å². The van der Waals surface area contributed by atoms with Crippen molar-refractivity contribution in [2.24, 2.45) is 0 Å². The highest BCUT2D eigenvalue weighted by atomic mass is 35.5. The maximum atomic E-state index is 5.75. The Kier molecular flexibility index (Phi) is 8.92. The smallest absolute Gasteiger partial charge is 0.223 e. The van der Waals surface area contributed by atoms with Crippen molar-refractivity contribution in [3.63, 3.8) is 0 Å². The molecular weight excluding hydrogens is 442 g/mol. The van der Waals surface area contributed by atoms with Gasteiger partial charge in [0.15, 0.2) is 0 Å². The predicted molar refractivity (Wildman–Crippen MR) is 112 cm³/mol. The van der Waals surface area contributed by atoms with Crippen molar-refractivity contribution in [2.75, 3.05) is 0 Å². The fourth-order valence-corrected chi connectivity index (χ4v) is 2.47. The van der Waals surface area contributed by atoms with E-state index in [0.717, 1.165) is 5.52 Å². The SMILES string of the molecule is CC#Cc1ccnc(Cl)n1.Clc1ccnc(Cl)n1.Clc1nccc2cccn12. The van der Waals surface area contributed by atoms with E-state index in [0.29, 0.717) is 16.1 Å². The van der Waals surface area contributed by atoms with Crippen LogP contribution in [-0.2, 0) is 0 Å². The zero-order chi connectivity index (χ0) is 20.4. The van der Waals surface area contributed by atoms with Crippen LogP contribution in [0.15, 0.2) is 55.1 Å². The summed E-state index contributed by atoms with van der Waals surface area (Å²) in [6.45, 7) is 1.75. The van der Waals surface area contributed by atoms with Crippen molar-refractivity contribution in [1.29, 1.82) is 0 Å². The van der Waals surface area contributed by atoms with Crippen molar-refractivity contribution >= 4 is 51.9 Å². The summed E-state index contributed by atoms with van der Waals surface area (Å²) in [7, 11) is 0. The van der Waals surface area contributed by atoms with Crippen LogP contribution in [0.1, 0.15) is 12.6 Å². The van der Waals surface area contributed by atoms with Gasteiger partial charge in [-0.2, -0.15) is 0 Å². The van der Waals surface area contributed by atoms with E-state index >= 15 is 0 Å². The van der Waals surface area contributed by atoms with Crippen LogP contribution in [0.5, 0.6) is 0 Å². The van der Waals surface area contributed by atoms with E-state index in [1.165, 1.54) is 6.20 Å². The van der Waals surface area contributed by atoms with Gasteiger partial charge in [0.1, 0.15) is 10.8 Å². The lowest BCUT2D eigenvalue weighted by Gasteiger charge is -1.93. The maximum absolute atomic E-state index is 5.75. The average molecular weight is 454 g/mol. The lowest BCUT2D eigenvalue weighted by Crippen LogP contribution is -1.85. The zero-order valence-electron chi connectivity index (χ0n) is 14.4. The van der Waals surface area contributed by atoms with Crippen LogP contribution in [0.25, 0.3) is 5.52 Å². The summed E-state index contributed by atoms with van der Waals surface area (Å²) in [6.07, 6.45) is 6.65. The molecule has 0 spiro atoms. The molecular formula is C18H12Cl4N6. The van der Waals surface area contributed by atoms with Gasteiger partial charge in [0, 0.05) is 30.3 Å². The molecule has 4 aromatic rings. The number of hydrogen-bond donors (Lipinski definition) is 0. The largest absolute Gasteiger partial charge is 0.292 e. The molecule has 0 aromatic carbocycles. The minimum absolute atomic E-state index is 0.178. The molecule has 0 aliphatic rings. The number of halogens is 4. The molecule has 0 aliphatic carbocycles. The molecule has 0 saturated carbocycles. The molecule has 4 rings (SSSR count). The Hall–Kier alpha value is -2.43. The average Bonchev–Trinajstić information content (AvgIpc) is 3.13. The molecule has 10 heteroatoms. The molecule has 0 bridgehead atoms. The molecule has 0 fully saturated rings. The first-order chi connectivity index (χ1) is 13.5. The molecule has 0 saturated heterocycles. The first-order valence-electron chi connectivity index (χ1n) is 7.62. The fraction of sp³-hybridized carbons (Fsp3) is 0.0556. The fourth-order valence-electron chi connectivity index (χ4n) is 1.78. The van der Waals surface area contributed by atoms with Crippen molar-refractivity contribution in [2.45, 2.75) is 6.92 Å². The number of nitrogens with zero attached hydrogens (tertiary/aromatic N) is 6. The Morgan fingerprint density at radius 1 is 0.821 bits per heavy atom. The highest BCUT2D eigenvalue weighted by Crippen LogP contribution is 2.09. The third kappa shape index (κ3) is 7.29. The highest BCUT2D eigenvalue weighted by molar-refractivity contribution is 6.31. The molecule has 0 N–H and O–H groups in total. The van der Waals surface area contributed by atoms with Gasteiger partial charge in [-0.3, -0.25) is 4.40 Å².